The number of nitrogens with zero attached hydrogens (tertiary/aromatic N) is 4. The fraction of sp³-hybridized carbons (Fsp3) is 0.103. The summed E-state index contributed by atoms with van der Waals surface area (Å²) in [5, 5.41) is 11.0. The van der Waals surface area contributed by atoms with Crippen molar-refractivity contribution >= 4 is 33.7 Å². The molecule has 4 heterocycles. The van der Waals surface area contributed by atoms with Crippen molar-refractivity contribution in [1.82, 2.24) is 24.5 Å². The van der Waals surface area contributed by atoms with Gasteiger partial charge in [0.1, 0.15) is 5.56 Å². The van der Waals surface area contributed by atoms with Gasteiger partial charge < -0.3 is 5.32 Å². The number of para-hydroxylation sites is 1. The van der Waals surface area contributed by atoms with E-state index in [4.69, 9.17) is 0 Å². The molecule has 1 N–H and O–H groups in total. The molecule has 1 atom stereocenters. The van der Waals surface area contributed by atoms with Gasteiger partial charge in [0.05, 0.1) is 17.1 Å². The van der Waals surface area contributed by atoms with Crippen molar-refractivity contribution in [1.29, 1.82) is 0 Å². The molecule has 8 heteroatoms. The molecule has 1 amide bonds. The lowest BCUT2D eigenvalue weighted by atomic mass is 10.0. The molecule has 4 aromatic heterocycles. The maximum atomic E-state index is 14.1. The van der Waals surface area contributed by atoms with Gasteiger partial charge in [-0.1, -0.05) is 42.5 Å². The fourth-order valence-corrected chi connectivity index (χ4v) is 5.54. The molecule has 0 radical (unpaired) electrons. The van der Waals surface area contributed by atoms with Crippen molar-refractivity contribution in [3.05, 3.63) is 118 Å². The Morgan fingerprint density at radius 3 is 2.65 bits per heavy atom. The van der Waals surface area contributed by atoms with Gasteiger partial charge >= 0.3 is 0 Å². The van der Waals surface area contributed by atoms with Crippen LogP contribution in [0.2, 0.25) is 0 Å². The van der Waals surface area contributed by atoms with Gasteiger partial charge in [0.25, 0.3) is 11.5 Å². The summed E-state index contributed by atoms with van der Waals surface area (Å²) in [4.78, 5) is 33.0. The van der Waals surface area contributed by atoms with Crippen molar-refractivity contribution in [2.45, 2.75) is 19.9 Å². The van der Waals surface area contributed by atoms with Crippen molar-refractivity contribution in [3.63, 3.8) is 0 Å². The van der Waals surface area contributed by atoms with Gasteiger partial charge in [0.2, 0.25) is 0 Å². The highest BCUT2D eigenvalue weighted by Crippen LogP contribution is 2.32. The number of amides is 1. The van der Waals surface area contributed by atoms with E-state index in [1.54, 1.807) is 45.8 Å². The number of carbonyl (C=O) groups is 1. The van der Waals surface area contributed by atoms with E-state index in [-0.39, 0.29) is 11.5 Å². The first-order valence-electron chi connectivity index (χ1n) is 11.9. The second-order valence-corrected chi connectivity index (χ2v) is 9.78. The van der Waals surface area contributed by atoms with Crippen LogP contribution in [0.15, 0.2) is 95.4 Å². The topological polar surface area (TPSA) is 81.3 Å². The Bertz CT molecular complexity index is 1820. The van der Waals surface area contributed by atoms with E-state index in [2.05, 4.69) is 15.4 Å². The van der Waals surface area contributed by atoms with E-state index in [0.29, 0.717) is 28.0 Å². The predicted octanol–water partition coefficient (Wildman–Crippen LogP) is 5.56. The van der Waals surface area contributed by atoms with E-state index in [1.165, 1.54) is 0 Å². The van der Waals surface area contributed by atoms with E-state index in [9.17, 15) is 9.59 Å². The minimum Gasteiger partial charge on any atom is -0.344 e. The molecular formula is C29H23N5O2S. The zero-order valence-corrected chi connectivity index (χ0v) is 21.1. The Morgan fingerprint density at radius 2 is 1.86 bits per heavy atom. The summed E-state index contributed by atoms with van der Waals surface area (Å²) < 4.78 is 3.29. The number of carbonyl (C=O) groups excluding carboxylic acids is 1. The normalized spacial score (nSPS) is 12.2. The zero-order chi connectivity index (χ0) is 25.5. The Kier molecular flexibility index (Phi) is 5.65. The Morgan fingerprint density at radius 1 is 1.03 bits per heavy atom. The van der Waals surface area contributed by atoms with Crippen LogP contribution in [0.3, 0.4) is 0 Å². The van der Waals surface area contributed by atoms with Gasteiger partial charge in [-0.25, -0.2) is 9.50 Å². The molecule has 0 saturated carbocycles. The number of pyridine rings is 1. The maximum Gasteiger partial charge on any atom is 0.263 e. The van der Waals surface area contributed by atoms with Crippen molar-refractivity contribution in [3.8, 4) is 16.1 Å². The second kappa shape index (κ2) is 9.15. The average molecular weight is 506 g/mol. The number of thiophene rings is 1. The smallest absolute Gasteiger partial charge is 0.263 e. The van der Waals surface area contributed by atoms with Crippen LogP contribution in [-0.2, 0) is 0 Å². The first-order chi connectivity index (χ1) is 18.0. The highest BCUT2D eigenvalue weighted by atomic mass is 32.1. The third kappa shape index (κ3) is 3.91. The number of nitrogens with one attached hydrogen (secondary N) is 1. The van der Waals surface area contributed by atoms with Crippen LogP contribution in [-0.4, -0.2) is 25.1 Å². The average Bonchev–Trinajstić information content (AvgIpc) is 3.56. The van der Waals surface area contributed by atoms with Crippen molar-refractivity contribution < 1.29 is 4.79 Å². The number of fused-ring (bicyclic) bond motifs is 2. The minimum absolute atomic E-state index is 0.127. The second-order valence-electron chi connectivity index (χ2n) is 8.84. The van der Waals surface area contributed by atoms with Gasteiger partial charge in [0, 0.05) is 34.2 Å². The molecule has 0 aliphatic rings. The van der Waals surface area contributed by atoms with Crippen molar-refractivity contribution in [2.24, 2.45) is 0 Å². The third-order valence-electron chi connectivity index (χ3n) is 6.46. The predicted molar refractivity (Wildman–Crippen MR) is 146 cm³/mol. The van der Waals surface area contributed by atoms with Crippen LogP contribution in [0.4, 0.5) is 0 Å². The highest BCUT2D eigenvalue weighted by Gasteiger charge is 2.23. The van der Waals surface area contributed by atoms with Crippen LogP contribution in [0, 0.1) is 6.92 Å². The van der Waals surface area contributed by atoms with E-state index in [0.717, 1.165) is 21.5 Å². The minimum atomic E-state index is -0.478. The summed E-state index contributed by atoms with van der Waals surface area (Å²) >= 11 is 1.60. The summed E-state index contributed by atoms with van der Waals surface area (Å²) in [5.74, 6) is -0.293. The molecule has 7 nitrogen and oxygen atoms in total. The van der Waals surface area contributed by atoms with Crippen molar-refractivity contribution in [2.75, 3.05) is 0 Å². The molecule has 0 aliphatic carbocycles. The number of hydrogen-bond donors (Lipinski definition) is 1. The summed E-state index contributed by atoms with van der Waals surface area (Å²) in [6.07, 6.45) is 3.40. The molecule has 0 bridgehead atoms. The maximum absolute atomic E-state index is 14.1. The lowest BCUT2D eigenvalue weighted by Crippen LogP contribution is -2.32. The quantitative estimate of drug-likeness (QED) is 0.333. The number of aryl methyl sites for hydroxylation is 1. The van der Waals surface area contributed by atoms with Crippen LogP contribution >= 0.6 is 11.3 Å². The van der Waals surface area contributed by atoms with Crippen LogP contribution < -0.4 is 10.9 Å². The first-order valence-corrected chi connectivity index (χ1v) is 12.8. The Balaban J connectivity index is 1.51. The molecule has 6 rings (SSSR count). The van der Waals surface area contributed by atoms with E-state index in [1.807, 2.05) is 79.0 Å². The number of hydrogen-bond acceptors (Lipinski definition) is 5. The molecule has 0 spiro atoms. The van der Waals surface area contributed by atoms with Gasteiger partial charge in [-0.2, -0.15) is 5.10 Å². The number of benzene rings is 2. The van der Waals surface area contributed by atoms with Gasteiger partial charge in [0.15, 0.2) is 5.65 Å². The lowest BCUT2D eigenvalue weighted by molar-refractivity contribution is 0.0939. The monoisotopic (exact) mass is 505 g/mol. The molecule has 0 aliphatic heterocycles. The fourth-order valence-electron chi connectivity index (χ4n) is 4.79. The first kappa shape index (κ1) is 22.9. The Hall–Kier alpha value is -4.56. The lowest BCUT2D eigenvalue weighted by Gasteiger charge is -2.21. The van der Waals surface area contributed by atoms with E-state index < -0.39 is 6.04 Å². The summed E-state index contributed by atoms with van der Waals surface area (Å²) in [6.45, 7) is 3.67. The molecule has 182 valence electrons. The summed E-state index contributed by atoms with van der Waals surface area (Å²) in [6, 6.07) is 22.7. The standard InChI is InChI=1S/C29H23N5O2S/c1-18(31-28(35)25-19(2)32-33-15-8-14-30-27(25)33)23-17-20-9-6-12-22(24-13-7-16-37-24)26(20)29(36)34(23)21-10-4-3-5-11-21/h3-18H,1-2H3,(H,31,35)/t18-/m0/s1. The van der Waals surface area contributed by atoms with Gasteiger partial charge in [-0.05, 0) is 54.9 Å². The summed E-state index contributed by atoms with van der Waals surface area (Å²) in [5.41, 5.74) is 3.69. The molecule has 37 heavy (non-hydrogen) atoms. The molecule has 2 aromatic carbocycles. The molecule has 0 saturated heterocycles. The van der Waals surface area contributed by atoms with Gasteiger partial charge in [-0.15, -0.1) is 11.3 Å². The number of rotatable bonds is 5. The Labute approximate surface area is 216 Å². The van der Waals surface area contributed by atoms with E-state index >= 15 is 0 Å². The van der Waals surface area contributed by atoms with Gasteiger partial charge in [-0.3, -0.25) is 14.2 Å². The molecular weight excluding hydrogens is 482 g/mol. The van der Waals surface area contributed by atoms with Crippen LogP contribution in [0.5, 0.6) is 0 Å². The highest BCUT2D eigenvalue weighted by molar-refractivity contribution is 7.13. The zero-order valence-electron chi connectivity index (χ0n) is 20.3. The molecule has 0 unspecified atom stereocenters. The van der Waals surface area contributed by atoms with Crippen LogP contribution in [0.1, 0.15) is 34.7 Å². The molecule has 0 fully saturated rings. The largest absolute Gasteiger partial charge is 0.344 e. The molecule has 6 aromatic rings. The number of aromatic nitrogens is 4. The SMILES string of the molecule is Cc1nn2cccnc2c1C(=O)N[C@@H](C)c1cc2cccc(-c3cccs3)c2c(=O)n1-c1ccccc1. The third-order valence-corrected chi connectivity index (χ3v) is 7.37. The van der Waals surface area contributed by atoms with Crippen LogP contribution in [0.25, 0.3) is 32.5 Å². The summed E-state index contributed by atoms with van der Waals surface area (Å²) in [7, 11) is 0.